The number of hydrogen-bond donors (Lipinski definition) is 1. The fourth-order valence-electron chi connectivity index (χ4n) is 2.88. The van der Waals surface area contributed by atoms with Crippen molar-refractivity contribution in [2.24, 2.45) is 0 Å². The van der Waals surface area contributed by atoms with Gasteiger partial charge in [-0.1, -0.05) is 60.2 Å². The highest BCUT2D eigenvalue weighted by molar-refractivity contribution is 5.60. The fraction of sp³-hybridized carbons (Fsp3) is 0.100. The predicted octanol–water partition coefficient (Wildman–Crippen LogP) is -0.0572. The molecule has 0 saturated heterocycles. The summed E-state index contributed by atoms with van der Waals surface area (Å²) < 4.78 is 3.91. The van der Waals surface area contributed by atoms with Gasteiger partial charge in [-0.3, -0.25) is 4.79 Å². The number of imidazole rings is 1. The van der Waals surface area contributed by atoms with Crippen LogP contribution in [0.2, 0.25) is 0 Å². The number of nitrogens with one attached hydrogen (secondary N) is 1. The standard InChI is InChI=1S/C20H17N3O.BrH/c1-15-7-9-17(10-8-15)18-12-23-14-22(13-19(23)20(24)21-18)11-16-5-3-2-4-6-16;/h2-10,12-14H,11H2,1H3;1H. The molecule has 0 radical (unpaired) electrons. The van der Waals surface area contributed by atoms with Crippen LogP contribution in [0.25, 0.3) is 16.8 Å². The van der Waals surface area contributed by atoms with E-state index in [1.807, 2.05) is 77.1 Å². The molecule has 2 aromatic heterocycles. The molecule has 0 spiro atoms. The van der Waals surface area contributed by atoms with E-state index in [4.69, 9.17) is 0 Å². The summed E-state index contributed by atoms with van der Waals surface area (Å²) in [6.45, 7) is 2.79. The quantitative estimate of drug-likeness (QED) is 0.485. The van der Waals surface area contributed by atoms with Crippen molar-refractivity contribution in [2.75, 3.05) is 0 Å². The Labute approximate surface area is 156 Å². The maximum absolute atomic E-state index is 12.4. The van der Waals surface area contributed by atoms with Gasteiger partial charge in [0.1, 0.15) is 18.9 Å². The van der Waals surface area contributed by atoms with E-state index in [1.165, 1.54) is 11.1 Å². The van der Waals surface area contributed by atoms with E-state index in [2.05, 4.69) is 17.1 Å². The molecule has 4 rings (SSSR count). The summed E-state index contributed by atoms with van der Waals surface area (Å²) >= 11 is 0. The van der Waals surface area contributed by atoms with Crippen LogP contribution in [0.3, 0.4) is 0 Å². The topological polar surface area (TPSA) is 41.1 Å². The molecule has 4 nitrogen and oxygen atoms in total. The molecule has 0 amide bonds. The molecule has 0 unspecified atom stereocenters. The highest BCUT2D eigenvalue weighted by Crippen LogP contribution is 2.16. The minimum absolute atomic E-state index is 0. The molecule has 0 fully saturated rings. The van der Waals surface area contributed by atoms with Crippen molar-refractivity contribution in [1.82, 2.24) is 9.38 Å². The number of rotatable bonds is 3. The third-order valence-electron chi connectivity index (χ3n) is 4.16. The van der Waals surface area contributed by atoms with Crippen molar-refractivity contribution in [3.63, 3.8) is 0 Å². The van der Waals surface area contributed by atoms with Crippen LogP contribution in [0.1, 0.15) is 11.1 Å². The van der Waals surface area contributed by atoms with E-state index in [1.54, 1.807) is 0 Å². The second-order valence-electron chi connectivity index (χ2n) is 6.06. The Morgan fingerprint density at radius 2 is 1.76 bits per heavy atom. The minimum atomic E-state index is -0.0834. The largest absolute Gasteiger partial charge is 1.00 e. The first-order chi connectivity index (χ1) is 11.7. The van der Waals surface area contributed by atoms with E-state index in [9.17, 15) is 4.79 Å². The number of aromatic amines is 1. The molecule has 25 heavy (non-hydrogen) atoms. The highest BCUT2D eigenvalue weighted by Gasteiger charge is 2.13. The van der Waals surface area contributed by atoms with E-state index < -0.39 is 0 Å². The number of hydrogen-bond acceptors (Lipinski definition) is 1. The number of aryl methyl sites for hydroxylation is 1. The lowest BCUT2D eigenvalue weighted by molar-refractivity contribution is -0.686. The summed E-state index contributed by atoms with van der Waals surface area (Å²) in [4.78, 5) is 15.4. The Bertz CT molecular complexity index is 1050. The smallest absolute Gasteiger partial charge is 0.299 e. The van der Waals surface area contributed by atoms with Crippen LogP contribution in [0.5, 0.6) is 0 Å². The van der Waals surface area contributed by atoms with Gasteiger partial charge in [-0.25, -0.2) is 4.57 Å². The van der Waals surface area contributed by atoms with Gasteiger partial charge in [-0.05, 0) is 12.5 Å². The summed E-state index contributed by atoms with van der Waals surface area (Å²) in [5.74, 6) is 0. The third kappa shape index (κ3) is 3.56. The Kier molecular flexibility index (Phi) is 4.86. The van der Waals surface area contributed by atoms with Gasteiger partial charge >= 0.3 is 0 Å². The van der Waals surface area contributed by atoms with Crippen molar-refractivity contribution >= 4 is 5.52 Å². The predicted molar refractivity (Wildman–Crippen MR) is 93.9 cm³/mol. The molecule has 0 atom stereocenters. The molecule has 0 aliphatic carbocycles. The average molecular weight is 396 g/mol. The van der Waals surface area contributed by atoms with Crippen molar-refractivity contribution in [3.05, 3.63) is 94.8 Å². The van der Waals surface area contributed by atoms with Crippen molar-refractivity contribution < 1.29 is 21.5 Å². The van der Waals surface area contributed by atoms with Crippen LogP contribution in [-0.4, -0.2) is 9.38 Å². The third-order valence-corrected chi connectivity index (χ3v) is 4.16. The number of fused-ring (bicyclic) bond motifs is 1. The van der Waals surface area contributed by atoms with Gasteiger partial charge in [-0.15, -0.1) is 0 Å². The van der Waals surface area contributed by atoms with Gasteiger partial charge in [0.2, 0.25) is 11.8 Å². The molecular formula is C20H18BrN3O. The van der Waals surface area contributed by atoms with Gasteiger partial charge < -0.3 is 22.0 Å². The number of benzene rings is 2. The maximum atomic E-state index is 12.4. The molecule has 5 heteroatoms. The number of nitrogens with zero attached hydrogens (tertiary/aromatic N) is 2. The lowest BCUT2D eigenvalue weighted by Crippen LogP contribution is -3.00. The number of aromatic nitrogens is 3. The molecule has 2 heterocycles. The van der Waals surface area contributed by atoms with Crippen LogP contribution < -0.4 is 27.1 Å². The fourth-order valence-corrected chi connectivity index (χ4v) is 2.88. The summed E-state index contributed by atoms with van der Waals surface area (Å²) in [7, 11) is 0. The lowest BCUT2D eigenvalue weighted by atomic mass is 10.1. The Hall–Kier alpha value is -2.66. The zero-order valence-electron chi connectivity index (χ0n) is 13.8. The molecule has 4 aromatic rings. The van der Waals surface area contributed by atoms with E-state index >= 15 is 0 Å². The molecule has 1 N–H and O–H groups in total. The Morgan fingerprint density at radius 3 is 2.48 bits per heavy atom. The van der Waals surface area contributed by atoms with Crippen LogP contribution in [0.4, 0.5) is 0 Å². The van der Waals surface area contributed by atoms with Crippen molar-refractivity contribution in [2.45, 2.75) is 13.5 Å². The minimum Gasteiger partial charge on any atom is -1.00 e. The van der Waals surface area contributed by atoms with Crippen LogP contribution in [0, 0.1) is 6.92 Å². The summed E-state index contributed by atoms with van der Waals surface area (Å²) in [6, 6.07) is 18.3. The van der Waals surface area contributed by atoms with Crippen LogP contribution in [0.15, 0.2) is 78.1 Å². The van der Waals surface area contributed by atoms with E-state index in [0.29, 0.717) is 5.52 Å². The Morgan fingerprint density at radius 1 is 1.04 bits per heavy atom. The molecule has 0 saturated carbocycles. The van der Waals surface area contributed by atoms with Crippen molar-refractivity contribution in [1.29, 1.82) is 0 Å². The highest BCUT2D eigenvalue weighted by atomic mass is 79.9. The van der Waals surface area contributed by atoms with Crippen LogP contribution in [-0.2, 0) is 6.54 Å². The van der Waals surface area contributed by atoms with Gasteiger partial charge in [0.05, 0.1) is 5.69 Å². The first-order valence-electron chi connectivity index (χ1n) is 7.94. The zero-order valence-corrected chi connectivity index (χ0v) is 15.4. The number of H-pyrrole nitrogens is 1. The molecular weight excluding hydrogens is 378 g/mol. The second kappa shape index (κ2) is 7.07. The summed E-state index contributed by atoms with van der Waals surface area (Å²) in [5, 5.41) is 0. The molecule has 2 aromatic carbocycles. The first kappa shape index (κ1) is 17.2. The summed E-state index contributed by atoms with van der Waals surface area (Å²) in [6.07, 6.45) is 5.79. The molecule has 0 aliphatic rings. The zero-order chi connectivity index (χ0) is 16.5. The normalized spacial score (nSPS) is 10.6. The molecule has 0 bridgehead atoms. The second-order valence-corrected chi connectivity index (χ2v) is 6.06. The van der Waals surface area contributed by atoms with Gasteiger partial charge in [0.25, 0.3) is 5.56 Å². The van der Waals surface area contributed by atoms with E-state index in [-0.39, 0.29) is 22.5 Å². The van der Waals surface area contributed by atoms with E-state index in [0.717, 1.165) is 17.8 Å². The number of halogens is 1. The molecule has 126 valence electrons. The lowest BCUT2D eigenvalue weighted by Gasteiger charge is -2.00. The molecule has 0 aliphatic heterocycles. The van der Waals surface area contributed by atoms with Gasteiger partial charge in [0, 0.05) is 5.56 Å². The van der Waals surface area contributed by atoms with Gasteiger partial charge in [0.15, 0.2) is 0 Å². The Balaban J connectivity index is 0.00000182. The maximum Gasteiger partial charge on any atom is 0.299 e. The first-order valence-corrected chi connectivity index (χ1v) is 7.94. The van der Waals surface area contributed by atoms with Crippen molar-refractivity contribution in [3.8, 4) is 11.3 Å². The SMILES string of the molecule is Cc1ccc(-c2cn3c[n+](Cc4ccccc4)cc3c(=O)[nH]2)cc1.[Br-]. The van der Waals surface area contributed by atoms with Gasteiger partial charge in [-0.2, -0.15) is 4.40 Å². The summed E-state index contributed by atoms with van der Waals surface area (Å²) in [5.41, 5.74) is 4.77. The van der Waals surface area contributed by atoms with Crippen LogP contribution >= 0.6 is 0 Å². The monoisotopic (exact) mass is 395 g/mol. The average Bonchev–Trinajstić information content (AvgIpc) is 2.99.